The zero-order valence-electron chi connectivity index (χ0n) is 17.3. The predicted molar refractivity (Wildman–Crippen MR) is 129 cm³/mol. The third kappa shape index (κ3) is 4.29. The summed E-state index contributed by atoms with van der Waals surface area (Å²) in [6.07, 6.45) is 1.41. The summed E-state index contributed by atoms with van der Waals surface area (Å²) in [7, 11) is -2.10. The molecule has 0 saturated heterocycles. The second kappa shape index (κ2) is 8.45. The van der Waals surface area contributed by atoms with Gasteiger partial charge in [-0.3, -0.25) is 4.79 Å². The number of nitrogens with zero attached hydrogens (tertiary/aromatic N) is 2. The highest BCUT2D eigenvalue weighted by Gasteiger charge is 2.37. The Balaban J connectivity index is 2.36. The molecule has 30 heavy (non-hydrogen) atoms. The molecule has 2 heterocycles. The highest BCUT2D eigenvalue weighted by atomic mass is 35.5. The number of hydrogen-bond acceptors (Lipinski definition) is 3. The fourth-order valence-electron chi connectivity index (χ4n) is 2.86. The maximum absolute atomic E-state index is 12.9. The first-order chi connectivity index (χ1) is 13.8. The van der Waals surface area contributed by atoms with E-state index in [4.69, 9.17) is 50.8 Å². The van der Waals surface area contributed by atoms with E-state index in [9.17, 15) is 4.79 Å². The molecule has 2 aromatic heterocycles. The second-order valence-electron chi connectivity index (χ2n) is 8.58. The van der Waals surface area contributed by atoms with Gasteiger partial charge in [0.1, 0.15) is 5.15 Å². The van der Waals surface area contributed by atoms with E-state index in [0.29, 0.717) is 26.9 Å². The number of pyridine rings is 2. The van der Waals surface area contributed by atoms with Crippen molar-refractivity contribution >= 4 is 65.6 Å². The van der Waals surface area contributed by atoms with Crippen LogP contribution in [0.2, 0.25) is 38.4 Å². The van der Waals surface area contributed by atoms with Crippen LogP contribution in [0.5, 0.6) is 0 Å². The van der Waals surface area contributed by atoms with Crippen LogP contribution in [0.4, 0.5) is 0 Å². The monoisotopic (exact) mass is 502 g/mol. The molecular formula is C21H22Cl4N2O2Si. The number of para-hydroxylation sites is 1. The molecule has 0 N–H and O–H groups in total. The molecule has 9 heteroatoms. The van der Waals surface area contributed by atoms with Gasteiger partial charge in [-0.2, -0.15) is 0 Å². The minimum absolute atomic E-state index is 0.00187. The van der Waals surface area contributed by atoms with Crippen molar-refractivity contribution in [3.63, 3.8) is 0 Å². The molecule has 4 nitrogen and oxygen atoms in total. The lowest BCUT2D eigenvalue weighted by Gasteiger charge is -2.36. The van der Waals surface area contributed by atoms with Gasteiger partial charge >= 0.3 is 0 Å². The fourth-order valence-corrected chi connectivity index (χ4v) is 4.83. The van der Waals surface area contributed by atoms with Crippen LogP contribution in [-0.2, 0) is 11.0 Å². The van der Waals surface area contributed by atoms with Crippen LogP contribution in [0.1, 0.15) is 26.5 Å². The Hall–Kier alpha value is -1.08. The zero-order valence-corrected chi connectivity index (χ0v) is 21.3. The second-order valence-corrected chi connectivity index (χ2v) is 15.0. The molecule has 160 valence electrons. The Kier molecular flexibility index (Phi) is 6.64. The molecule has 0 unspecified atom stereocenters. The maximum Gasteiger partial charge on any atom is 0.192 e. The Morgan fingerprint density at radius 1 is 1.07 bits per heavy atom. The fraction of sp³-hybridized carbons (Fsp3) is 0.333. The summed E-state index contributed by atoms with van der Waals surface area (Å²) in [6, 6.07) is 6.68. The van der Waals surface area contributed by atoms with Gasteiger partial charge in [0, 0.05) is 12.3 Å². The van der Waals surface area contributed by atoms with Gasteiger partial charge in [0.15, 0.2) is 13.7 Å². The summed E-state index contributed by atoms with van der Waals surface area (Å²) in [5.41, 5.74) is 1.19. The zero-order chi connectivity index (χ0) is 22.4. The average molecular weight is 504 g/mol. The first kappa shape index (κ1) is 23.6. The lowest BCUT2D eigenvalue weighted by molar-refractivity contribution is 0.270. The molecule has 0 aliphatic carbocycles. The summed E-state index contributed by atoms with van der Waals surface area (Å²) in [5, 5.41) is 1.35. The van der Waals surface area contributed by atoms with Gasteiger partial charge in [0.25, 0.3) is 0 Å². The van der Waals surface area contributed by atoms with E-state index in [1.54, 1.807) is 22.8 Å². The third-order valence-corrected chi connectivity index (χ3v) is 11.2. The van der Waals surface area contributed by atoms with Crippen LogP contribution in [-0.4, -0.2) is 17.9 Å². The molecule has 3 aromatic rings. The van der Waals surface area contributed by atoms with E-state index >= 15 is 0 Å². The highest BCUT2D eigenvalue weighted by molar-refractivity contribution is 6.74. The van der Waals surface area contributed by atoms with Gasteiger partial charge in [-0.1, -0.05) is 73.2 Å². The first-order valence-corrected chi connectivity index (χ1v) is 13.7. The van der Waals surface area contributed by atoms with Crippen LogP contribution in [0.3, 0.4) is 0 Å². The van der Waals surface area contributed by atoms with Crippen molar-refractivity contribution in [2.75, 3.05) is 0 Å². The molecule has 0 radical (unpaired) electrons. The molecule has 0 fully saturated rings. The molecular weight excluding hydrogens is 482 g/mol. The number of fused-ring (bicyclic) bond motifs is 1. The van der Waals surface area contributed by atoms with Crippen molar-refractivity contribution < 1.29 is 4.43 Å². The van der Waals surface area contributed by atoms with Gasteiger partial charge in [0.05, 0.1) is 44.0 Å². The van der Waals surface area contributed by atoms with Crippen LogP contribution >= 0.6 is 46.4 Å². The van der Waals surface area contributed by atoms with Crippen LogP contribution < -0.4 is 5.43 Å². The van der Waals surface area contributed by atoms with Crippen molar-refractivity contribution in [1.82, 2.24) is 9.55 Å². The van der Waals surface area contributed by atoms with Crippen LogP contribution in [0.15, 0.2) is 35.3 Å². The van der Waals surface area contributed by atoms with Gasteiger partial charge in [-0.05, 0) is 30.3 Å². The predicted octanol–water partition coefficient (Wildman–Crippen LogP) is 7.52. The summed E-state index contributed by atoms with van der Waals surface area (Å²) >= 11 is 25.8. The SMILES string of the molecule is CC(C)(C)[Si](C)(C)OCc1cc(=O)c2c(Cl)ncc(Cl)c2n1-c1c(Cl)cccc1Cl. The Morgan fingerprint density at radius 2 is 1.67 bits per heavy atom. The molecule has 0 aliphatic rings. The smallest absolute Gasteiger partial charge is 0.192 e. The minimum atomic E-state index is -2.10. The lowest BCUT2D eigenvalue weighted by atomic mass is 10.2. The van der Waals surface area contributed by atoms with Crippen molar-refractivity contribution in [2.45, 2.75) is 45.5 Å². The standard InChI is InChI=1S/C21H22Cl4N2O2Si/c1-21(2,3)30(4,5)29-11-12-9-16(28)17-19(15(24)10-26-20(17)25)27(12)18-13(22)7-6-8-14(18)23/h6-10H,11H2,1-5H3. The quantitative estimate of drug-likeness (QED) is 0.273. The topological polar surface area (TPSA) is 44.1 Å². The van der Waals surface area contributed by atoms with Crippen molar-refractivity contribution in [1.29, 1.82) is 0 Å². The number of rotatable bonds is 4. The molecule has 0 amide bonds. The van der Waals surface area contributed by atoms with Gasteiger partial charge in [0.2, 0.25) is 0 Å². The van der Waals surface area contributed by atoms with E-state index in [1.165, 1.54) is 12.3 Å². The van der Waals surface area contributed by atoms with Crippen molar-refractivity contribution in [3.05, 3.63) is 66.6 Å². The van der Waals surface area contributed by atoms with E-state index < -0.39 is 8.32 Å². The van der Waals surface area contributed by atoms with E-state index in [-0.39, 0.29) is 32.6 Å². The summed E-state index contributed by atoms with van der Waals surface area (Å²) in [5.74, 6) is 0. The van der Waals surface area contributed by atoms with Crippen LogP contribution in [0.25, 0.3) is 16.6 Å². The van der Waals surface area contributed by atoms with Gasteiger partial charge < -0.3 is 8.99 Å². The summed E-state index contributed by atoms with van der Waals surface area (Å²) in [4.78, 5) is 17.0. The molecule has 0 atom stereocenters. The molecule has 0 bridgehead atoms. The van der Waals surface area contributed by atoms with E-state index in [2.05, 4.69) is 38.8 Å². The number of halogens is 4. The highest BCUT2D eigenvalue weighted by Crippen LogP contribution is 2.39. The van der Waals surface area contributed by atoms with Crippen molar-refractivity contribution in [2.24, 2.45) is 0 Å². The normalized spacial score (nSPS) is 12.6. The Bertz CT molecular complexity index is 1170. The number of hydrogen-bond donors (Lipinski definition) is 0. The number of benzene rings is 1. The average Bonchev–Trinajstić information content (AvgIpc) is 2.63. The van der Waals surface area contributed by atoms with Crippen LogP contribution in [0, 0.1) is 0 Å². The minimum Gasteiger partial charge on any atom is -0.411 e. The van der Waals surface area contributed by atoms with E-state index in [0.717, 1.165) is 0 Å². The third-order valence-electron chi connectivity index (χ3n) is 5.56. The molecule has 0 saturated carbocycles. The molecule has 0 spiro atoms. The largest absolute Gasteiger partial charge is 0.411 e. The van der Waals surface area contributed by atoms with Gasteiger partial charge in [-0.25, -0.2) is 4.98 Å². The van der Waals surface area contributed by atoms with Crippen molar-refractivity contribution in [3.8, 4) is 5.69 Å². The first-order valence-electron chi connectivity index (χ1n) is 9.32. The Labute approximate surface area is 196 Å². The lowest BCUT2D eigenvalue weighted by Crippen LogP contribution is -2.40. The summed E-state index contributed by atoms with van der Waals surface area (Å²) < 4.78 is 8.15. The van der Waals surface area contributed by atoms with Gasteiger partial charge in [-0.15, -0.1) is 0 Å². The number of aromatic nitrogens is 2. The maximum atomic E-state index is 12.9. The molecule has 1 aromatic carbocycles. The molecule has 0 aliphatic heterocycles. The van der Waals surface area contributed by atoms with E-state index in [1.807, 2.05) is 0 Å². The Morgan fingerprint density at radius 3 is 2.23 bits per heavy atom. The summed E-state index contributed by atoms with van der Waals surface area (Å²) in [6.45, 7) is 10.9. The molecule has 3 rings (SSSR count).